The van der Waals surface area contributed by atoms with Gasteiger partial charge in [0.2, 0.25) is 10.0 Å². The second kappa shape index (κ2) is 11.5. The number of benzene rings is 3. The van der Waals surface area contributed by atoms with Gasteiger partial charge in [-0.05, 0) is 61.2 Å². The summed E-state index contributed by atoms with van der Waals surface area (Å²) < 4.78 is 34.6. The molecule has 0 aliphatic heterocycles. The summed E-state index contributed by atoms with van der Waals surface area (Å²) >= 11 is 1.44. The number of sulfonamides is 1. The van der Waals surface area contributed by atoms with Crippen LogP contribution in [0.3, 0.4) is 0 Å². The van der Waals surface area contributed by atoms with Crippen molar-refractivity contribution in [2.75, 3.05) is 19.1 Å². The van der Waals surface area contributed by atoms with E-state index in [1.54, 1.807) is 31.2 Å². The van der Waals surface area contributed by atoms with E-state index in [1.165, 1.54) is 27.8 Å². The van der Waals surface area contributed by atoms with E-state index in [2.05, 4.69) is 0 Å². The number of hydrogen-bond donors (Lipinski definition) is 0. The topological polar surface area (TPSA) is 79.8 Å². The van der Waals surface area contributed by atoms with E-state index in [1.807, 2.05) is 49.4 Å². The van der Waals surface area contributed by atoms with Crippen molar-refractivity contribution in [3.8, 4) is 5.75 Å². The van der Waals surface area contributed by atoms with Crippen LogP contribution in [0.4, 0.5) is 5.13 Å². The van der Waals surface area contributed by atoms with Crippen molar-refractivity contribution in [2.45, 2.75) is 56.5 Å². The SMILES string of the molecule is COc1ccc(C)c2sc(N(Cc3ccccc3)C(=O)c3ccc(S(=O)(=O)N(C)C4CCCCC4)cc3)nc12. The van der Waals surface area contributed by atoms with E-state index >= 15 is 0 Å². The number of amides is 1. The lowest BCUT2D eigenvalue weighted by Gasteiger charge is -2.30. The van der Waals surface area contributed by atoms with Crippen LogP contribution in [0.2, 0.25) is 0 Å². The number of aryl methyl sites for hydroxylation is 1. The highest BCUT2D eigenvalue weighted by Crippen LogP contribution is 2.37. The van der Waals surface area contributed by atoms with Gasteiger partial charge >= 0.3 is 0 Å². The molecule has 0 bridgehead atoms. The van der Waals surface area contributed by atoms with Crippen LogP contribution in [-0.4, -0.2) is 43.8 Å². The molecular formula is C30H33N3O4S2. The van der Waals surface area contributed by atoms with Crippen LogP contribution in [0.5, 0.6) is 5.75 Å². The first-order valence-electron chi connectivity index (χ1n) is 13.2. The zero-order chi connectivity index (χ0) is 27.6. The molecule has 1 heterocycles. The summed E-state index contributed by atoms with van der Waals surface area (Å²) in [6.07, 6.45) is 5.01. The number of hydrogen-bond acceptors (Lipinski definition) is 6. The maximum absolute atomic E-state index is 13.9. The zero-order valence-corrected chi connectivity index (χ0v) is 24.1. The van der Waals surface area contributed by atoms with Gasteiger partial charge in [-0.15, -0.1) is 0 Å². The van der Waals surface area contributed by atoms with E-state index in [0.717, 1.165) is 53.4 Å². The highest BCUT2D eigenvalue weighted by atomic mass is 32.2. The average molecular weight is 564 g/mol. The predicted octanol–water partition coefficient (Wildman–Crippen LogP) is 6.41. The lowest BCUT2D eigenvalue weighted by Crippen LogP contribution is -2.38. The van der Waals surface area contributed by atoms with E-state index in [-0.39, 0.29) is 16.8 Å². The van der Waals surface area contributed by atoms with E-state index in [0.29, 0.717) is 23.0 Å². The van der Waals surface area contributed by atoms with Crippen LogP contribution < -0.4 is 9.64 Å². The van der Waals surface area contributed by atoms with Gasteiger partial charge in [-0.3, -0.25) is 9.69 Å². The van der Waals surface area contributed by atoms with Gasteiger partial charge in [0, 0.05) is 18.7 Å². The molecule has 0 atom stereocenters. The number of methoxy groups -OCH3 is 1. The molecule has 1 amide bonds. The molecule has 7 nitrogen and oxygen atoms in total. The summed E-state index contributed by atoms with van der Waals surface area (Å²) in [6.45, 7) is 2.34. The van der Waals surface area contributed by atoms with Gasteiger partial charge in [-0.2, -0.15) is 4.31 Å². The van der Waals surface area contributed by atoms with Gasteiger partial charge in [0.05, 0.1) is 23.2 Å². The second-order valence-electron chi connectivity index (χ2n) is 9.97. The molecule has 3 aromatic carbocycles. The summed E-state index contributed by atoms with van der Waals surface area (Å²) in [5, 5.41) is 0.556. The molecule has 1 aromatic heterocycles. The van der Waals surface area contributed by atoms with E-state index < -0.39 is 10.0 Å². The Morgan fingerprint density at radius 1 is 1.00 bits per heavy atom. The third-order valence-corrected chi connectivity index (χ3v) is 10.6. The van der Waals surface area contributed by atoms with Crippen LogP contribution in [-0.2, 0) is 16.6 Å². The summed E-state index contributed by atoms with van der Waals surface area (Å²) in [5.74, 6) is 0.404. The van der Waals surface area contributed by atoms with E-state index in [4.69, 9.17) is 9.72 Å². The van der Waals surface area contributed by atoms with Gasteiger partial charge in [-0.25, -0.2) is 13.4 Å². The van der Waals surface area contributed by atoms with Crippen LogP contribution in [0.25, 0.3) is 10.2 Å². The maximum Gasteiger partial charge on any atom is 0.260 e. The number of fused-ring (bicyclic) bond motifs is 1. The van der Waals surface area contributed by atoms with Crippen LogP contribution >= 0.6 is 11.3 Å². The molecule has 4 aromatic rings. The van der Waals surface area contributed by atoms with Crippen LogP contribution in [0.15, 0.2) is 71.6 Å². The van der Waals surface area contributed by atoms with Crippen molar-refractivity contribution in [3.63, 3.8) is 0 Å². The molecule has 204 valence electrons. The van der Waals surface area contributed by atoms with Crippen molar-refractivity contribution in [1.29, 1.82) is 0 Å². The first-order valence-corrected chi connectivity index (χ1v) is 15.4. The number of thiazole rings is 1. The lowest BCUT2D eigenvalue weighted by atomic mass is 9.96. The highest BCUT2D eigenvalue weighted by molar-refractivity contribution is 7.89. The van der Waals surface area contributed by atoms with Crippen LogP contribution in [0.1, 0.15) is 53.6 Å². The average Bonchev–Trinajstić information content (AvgIpc) is 3.43. The van der Waals surface area contributed by atoms with Crippen molar-refractivity contribution < 1.29 is 17.9 Å². The summed E-state index contributed by atoms with van der Waals surface area (Å²) in [7, 11) is -0.377. The molecule has 9 heteroatoms. The molecule has 0 radical (unpaired) electrons. The Hall–Kier alpha value is -3.27. The molecule has 0 spiro atoms. The van der Waals surface area contributed by atoms with Gasteiger partial charge in [0.1, 0.15) is 11.3 Å². The minimum atomic E-state index is -3.65. The Kier molecular flexibility index (Phi) is 8.02. The van der Waals surface area contributed by atoms with E-state index in [9.17, 15) is 13.2 Å². The largest absolute Gasteiger partial charge is 0.494 e. The fourth-order valence-electron chi connectivity index (χ4n) is 5.10. The number of anilines is 1. The first kappa shape index (κ1) is 27.3. The normalized spacial score (nSPS) is 14.6. The van der Waals surface area contributed by atoms with Crippen molar-refractivity contribution in [2.24, 2.45) is 0 Å². The zero-order valence-electron chi connectivity index (χ0n) is 22.5. The standard InChI is InChI=1S/C30H33N3O4S2/c1-21-14-19-26(37-3)27-28(21)38-30(31-27)33(20-22-10-6-4-7-11-22)29(34)23-15-17-25(18-16-23)39(35,36)32(2)24-12-8-5-9-13-24/h4,6-7,10-11,14-19,24H,5,8-9,12-13,20H2,1-3H3. The molecule has 0 unspecified atom stereocenters. The molecule has 1 aliphatic carbocycles. The Balaban J connectivity index is 1.48. The Morgan fingerprint density at radius 2 is 1.69 bits per heavy atom. The van der Waals surface area contributed by atoms with Gasteiger partial charge < -0.3 is 4.74 Å². The predicted molar refractivity (Wildman–Crippen MR) is 156 cm³/mol. The van der Waals surface area contributed by atoms with Gasteiger partial charge in [-0.1, -0.05) is 67.0 Å². The van der Waals surface area contributed by atoms with Crippen LogP contribution in [0, 0.1) is 6.92 Å². The van der Waals surface area contributed by atoms with Crippen molar-refractivity contribution in [1.82, 2.24) is 9.29 Å². The minimum absolute atomic E-state index is 0.0194. The maximum atomic E-state index is 13.9. The smallest absolute Gasteiger partial charge is 0.260 e. The van der Waals surface area contributed by atoms with Gasteiger partial charge in [0.15, 0.2) is 5.13 Å². The molecular weight excluding hydrogens is 530 g/mol. The van der Waals surface area contributed by atoms with Crippen molar-refractivity contribution >= 4 is 42.6 Å². The Labute approximate surface area is 234 Å². The van der Waals surface area contributed by atoms with Gasteiger partial charge in [0.25, 0.3) is 5.91 Å². The molecule has 0 saturated heterocycles. The molecule has 1 fully saturated rings. The van der Waals surface area contributed by atoms with Crippen molar-refractivity contribution in [3.05, 3.63) is 83.4 Å². The monoisotopic (exact) mass is 563 g/mol. The molecule has 1 aliphatic rings. The lowest BCUT2D eigenvalue weighted by molar-refractivity contribution is 0.0985. The summed E-state index contributed by atoms with van der Waals surface area (Å²) in [4.78, 5) is 20.6. The fourth-order valence-corrected chi connectivity index (χ4v) is 7.57. The minimum Gasteiger partial charge on any atom is -0.494 e. The number of aromatic nitrogens is 1. The fraction of sp³-hybridized carbons (Fsp3) is 0.333. The molecule has 1 saturated carbocycles. The number of ether oxygens (including phenoxy) is 1. The molecule has 5 rings (SSSR count). The third-order valence-electron chi connectivity index (χ3n) is 7.44. The molecule has 39 heavy (non-hydrogen) atoms. The number of carbonyl (C=O) groups is 1. The second-order valence-corrected chi connectivity index (χ2v) is 12.9. The molecule has 0 N–H and O–H groups in total. The quantitative estimate of drug-likeness (QED) is 0.247. The summed E-state index contributed by atoms with van der Waals surface area (Å²) in [6, 6.07) is 19.9. The number of carbonyl (C=O) groups excluding carboxylic acids is 1. The Bertz CT molecular complexity index is 1560. The summed E-state index contributed by atoms with van der Waals surface area (Å²) in [5.41, 5.74) is 3.13. The number of nitrogens with zero attached hydrogens (tertiary/aromatic N) is 3. The number of rotatable bonds is 8. The Morgan fingerprint density at radius 3 is 2.36 bits per heavy atom. The third kappa shape index (κ3) is 5.57. The highest BCUT2D eigenvalue weighted by Gasteiger charge is 2.30. The first-order chi connectivity index (χ1) is 18.8.